The molecule has 0 aromatic rings. The maximum Gasteiger partial charge on any atom is 0.344 e. The van der Waals surface area contributed by atoms with Gasteiger partial charge in [-0.2, -0.15) is 0 Å². The van der Waals surface area contributed by atoms with Crippen molar-refractivity contribution >= 4 is 23.6 Å². The summed E-state index contributed by atoms with van der Waals surface area (Å²) in [4.78, 5) is 48.3. The number of hydrogen-bond acceptors (Lipinski definition) is 6. The van der Waals surface area contributed by atoms with Gasteiger partial charge in [-0.25, -0.2) is 9.59 Å². The van der Waals surface area contributed by atoms with E-state index in [2.05, 4.69) is 5.32 Å². The van der Waals surface area contributed by atoms with Crippen LogP contribution in [0.2, 0.25) is 0 Å². The minimum atomic E-state index is -2.08. The van der Waals surface area contributed by atoms with Crippen molar-refractivity contribution in [1.29, 1.82) is 0 Å². The predicted molar refractivity (Wildman–Crippen MR) is 72.2 cm³/mol. The molecule has 1 saturated carbocycles. The molecule has 0 spiro atoms. The molecule has 7 nitrogen and oxygen atoms in total. The largest absolute Gasteiger partial charge is 0.464 e. The van der Waals surface area contributed by atoms with E-state index in [4.69, 9.17) is 9.47 Å². The Hall–Kier alpha value is -1.92. The van der Waals surface area contributed by atoms with Crippen molar-refractivity contribution in [3.63, 3.8) is 0 Å². The molecule has 0 saturated heterocycles. The molecule has 1 rings (SSSR count). The van der Waals surface area contributed by atoms with Crippen LogP contribution in [0.15, 0.2) is 0 Å². The van der Waals surface area contributed by atoms with Gasteiger partial charge in [0.25, 0.3) is 0 Å². The first-order valence-corrected chi connectivity index (χ1v) is 7.06. The van der Waals surface area contributed by atoms with Crippen LogP contribution in [0, 0.1) is 5.92 Å². The zero-order valence-corrected chi connectivity index (χ0v) is 12.6. The van der Waals surface area contributed by atoms with Crippen LogP contribution in [-0.4, -0.2) is 42.4 Å². The Labute approximate surface area is 123 Å². The van der Waals surface area contributed by atoms with E-state index in [1.54, 1.807) is 13.8 Å². The highest BCUT2D eigenvalue weighted by atomic mass is 16.6. The number of rotatable bonds is 6. The van der Waals surface area contributed by atoms with Crippen molar-refractivity contribution in [2.75, 3.05) is 13.2 Å². The summed E-state index contributed by atoms with van der Waals surface area (Å²) in [5.41, 5.74) is -2.08. The third-order valence-electron chi connectivity index (χ3n) is 3.40. The molecule has 0 aromatic carbocycles. The van der Waals surface area contributed by atoms with E-state index in [1.165, 1.54) is 6.92 Å². The molecule has 1 amide bonds. The van der Waals surface area contributed by atoms with E-state index in [1.807, 2.05) is 0 Å². The molecular formula is C14H21NO6. The van der Waals surface area contributed by atoms with E-state index >= 15 is 0 Å². The molecule has 0 aromatic heterocycles. The molecule has 7 heteroatoms. The molecule has 1 N–H and O–H groups in total. The summed E-state index contributed by atoms with van der Waals surface area (Å²) in [6.45, 7) is 4.39. The highest BCUT2D eigenvalue weighted by Gasteiger charge is 2.59. The van der Waals surface area contributed by atoms with Gasteiger partial charge in [-0.1, -0.05) is 0 Å². The number of ether oxygens (including phenoxy) is 2. The van der Waals surface area contributed by atoms with Gasteiger partial charge in [0.1, 0.15) is 5.78 Å². The van der Waals surface area contributed by atoms with Crippen molar-refractivity contribution in [3.8, 4) is 0 Å². The fraction of sp³-hybridized carbons (Fsp3) is 0.714. The fourth-order valence-corrected chi connectivity index (χ4v) is 2.60. The third-order valence-corrected chi connectivity index (χ3v) is 3.40. The Bertz CT molecular complexity index is 427. The molecular weight excluding hydrogens is 278 g/mol. The molecule has 0 heterocycles. The second kappa shape index (κ2) is 7.19. The lowest BCUT2D eigenvalue weighted by atomic mass is 9.81. The zero-order valence-electron chi connectivity index (χ0n) is 12.6. The summed E-state index contributed by atoms with van der Waals surface area (Å²) < 4.78 is 9.86. The average molecular weight is 299 g/mol. The van der Waals surface area contributed by atoms with E-state index < -0.39 is 29.3 Å². The molecule has 0 bridgehead atoms. The quantitative estimate of drug-likeness (QED) is 0.561. The van der Waals surface area contributed by atoms with E-state index in [9.17, 15) is 19.2 Å². The van der Waals surface area contributed by atoms with Gasteiger partial charge in [0.2, 0.25) is 11.4 Å². The normalized spacial score (nSPS) is 18.2. The summed E-state index contributed by atoms with van der Waals surface area (Å²) >= 11 is 0. The van der Waals surface area contributed by atoms with Gasteiger partial charge < -0.3 is 14.8 Å². The lowest BCUT2D eigenvalue weighted by Crippen LogP contribution is -2.66. The lowest BCUT2D eigenvalue weighted by Gasteiger charge is -2.33. The number of nitrogens with one attached hydrogen (secondary N) is 1. The number of amides is 1. The number of esters is 2. The van der Waals surface area contributed by atoms with Gasteiger partial charge in [-0.3, -0.25) is 9.59 Å². The topological polar surface area (TPSA) is 98.8 Å². The first kappa shape index (κ1) is 17.1. The molecule has 0 aliphatic heterocycles. The fourth-order valence-electron chi connectivity index (χ4n) is 2.60. The molecule has 1 atom stereocenters. The molecule has 118 valence electrons. The zero-order chi connectivity index (χ0) is 16.0. The predicted octanol–water partition coefficient (Wildman–Crippen LogP) is 0.357. The number of ketones is 1. The van der Waals surface area contributed by atoms with Gasteiger partial charge in [0.05, 0.1) is 19.1 Å². The Balaban J connectivity index is 3.31. The third kappa shape index (κ3) is 3.40. The maximum absolute atomic E-state index is 12.4. The van der Waals surface area contributed by atoms with Gasteiger partial charge in [0, 0.05) is 13.3 Å². The second-order valence-corrected chi connectivity index (χ2v) is 4.84. The lowest BCUT2D eigenvalue weighted by molar-refractivity contribution is -0.172. The first-order valence-electron chi connectivity index (χ1n) is 7.06. The van der Waals surface area contributed by atoms with Crippen molar-refractivity contribution in [3.05, 3.63) is 0 Å². The van der Waals surface area contributed by atoms with Crippen molar-refractivity contribution < 1.29 is 28.7 Å². The second-order valence-electron chi connectivity index (χ2n) is 4.84. The smallest absolute Gasteiger partial charge is 0.344 e. The molecule has 0 radical (unpaired) electrons. The summed E-state index contributed by atoms with van der Waals surface area (Å²) in [6.07, 6.45) is 1.16. The number of carbonyl (C=O) groups excluding carboxylic acids is 4. The van der Waals surface area contributed by atoms with Gasteiger partial charge in [-0.15, -0.1) is 0 Å². The van der Waals surface area contributed by atoms with E-state index in [-0.39, 0.29) is 25.4 Å². The van der Waals surface area contributed by atoms with Crippen LogP contribution in [0.3, 0.4) is 0 Å². The Morgan fingerprint density at radius 1 is 1.19 bits per heavy atom. The number of hydrogen-bond donors (Lipinski definition) is 1. The van der Waals surface area contributed by atoms with Crippen molar-refractivity contribution in [1.82, 2.24) is 5.32 Å². The summed E-state index contributed by atoms with van der Waals surface area (Å²) in [5.74, 6) is -3.68. The van der Waals surface area contributed by atoms with Crippen LogP contribution in [0.25, 0.3) is 0 Å². The summed E-state index contributed by atoms with van der Waals surface area (Å²) in [6, 6.07) is 0. The monoisotopic (exact) mass is 299 g/mol. The molecule has 1 aliphatic carbocycles. The first-order chi connectivity index (χ1) is 9.90. The number of carbonyl (C=O) groups is 4. The maximum atomic E-state index is 12.4. The Morgan fingerprint density at radius 3 is 2.05 bits per heavy atom. The Kier molecular flexibility index (Phi) is 5.87. The van der Waals surface area contributed by atoms with E-state index in [0.717, 1.165) is 0 Å². The van der Waals surface area contributed by atoms with Crippen LogP contribution in [0.5, 0.6) is 0 Å². The van der Waals surface area contributed by atoms with Gasteiger partial charge in [0.15, 0.2) is 0 Å². The summed E-state index contributed by atoms with van der Waals surface area (Å²) in [5, 5.41) is 2.33. The van der Waals surface area contributed by atoms with Gasteiger partial charge in [-0.05, 0) is 26.7 Å². The molecule has 1 aliphatic rings. The minimum Gasteiger partial charge on any atom is -0.464 e. The highest BCUT2D eigenvalue weighted by molar-refractivity contribution is 6.12. The SMILES string of the molecule is CCOC(=O)C(NC(C)=O)(C(=O)OCC)[C@@H]1CCCC1=O. The minimum absolute atomic E-state index is 0.0283. The van der Waals surface area contributed by atoms with Crippen LogP contribution >= 0.6 is 0 Å². The van der Waals surface area contributed by atoms with Crippen molar-refractivity contribution in [2.24, 2.45) is 5.92 Å². The van der Waals surface area contributed by atoms with Crippen LogP contribution < -0.4 is 5.32 Å². The highest BCUT2D eigenvalue weighted by Crippen LogP contribution is 2.33. The average Bonchev–Trinajstić information content (AvgIpc) is 2.82. The standard InChI is InChI=1S/C14H21NO6/c1-4-20-12(18)14(15-9(3)16,13(19)21-5-2)10-7-6-8-11(10)17/h10H,4-8H2,1-3H3,(H,15,16)/t10-/m1/s1. The van der Waals surface area contributed by atoms with Crippen LogP contribution in [0.1, 0.15) is 40.0 Å². The van der Waals surface area contributed by atoms with Crippen LogP contribution in [0.4, 0.5) is 0 Å². The summed E-state index contributed by atoms with van der Waals surface area (Å²) in [7, 11) is 0. The molecule has 0 unspecified atom stereocenters. The molecule has 1 fully saturated rings. The van der Waals surface area contributed by atoms with Crippen LogP contribution in [-0.2, 0) is 28.7 Å². The van der Waals surface area contributed by atoms with E-state index in [0.29, 0.717) is 12.8 Å². The van der Waals surface area contributed by atoms with Crippen molar-refractivity contribution in [2.45, 2.75) is 45.6 Å². The number of Topliss-reactive ketones (excluding diaryl/α,β-unsaturated/α-hetero) is 1. The Morgan fingerprint density at radius 2 is 1.71 bits per heavy atom. The molecule has 21 heavy (non-hydrogen) atoms. The van der Waals surface area contributed by atoms with Gasteiger partial charge >= 0.3 is 11.9 Å².